The highest BCUT2D eigenvalue weighted by Gasteiger charge is 2.43. The number of nitrogens with one attached hydrogen (secondary N) is 1. The van der Waals surface area contributed by atoms with E-state index in [1.165, 1.54) is 12.1 Å². The van der Waals surface area contributed by atoms with Crippen LogP contribution in [-0.4, -0.2) is 25.0 Å². The first kappa shape index (κ1) is 20.1. The molecule has 0 aliphatic rings. The Bertz CT molecular complexity index is 845. The van der Waals surface area contributed by atoms with E-state index in [-0.39, 0.29) is 23.7 Å². The Kier molecular flexibility index (Phi) is 6.21. The van der Waals surface area contributed by atoms with Crippen LogP contribution in [0.15, 0.2) is 59.5 Å². The van der Waals surface area contributed by atoms with Gasteiger partial charge in [0.15, 0.2) is 0 Å². The number of carboxylic acids is 1. The third kappa shape index (κ3) is 4.93. The lowest BCUT2D eigenvalue weighted by Gasteiger charge is -2.32. The van der Waals surface area contributed by atoms with Crippen LogP contribution in [0.25, 0.3) is 0 Å². The van der Waals surface area contributed by atoms with E-state index in [2.05, 4.69) is 4.72 Å². The van der Waals surface area contributed by atoms with Crippen molar-refractivity contribution in [3.8, 4) is 0 Å². The van der Waals surface area contributed by atoms with Crippen molar-refractivity contribution >= 4 is 16.0 Å². The predicted octanol–water partition coefficient (Wildman–Crippen LogP) is 3.39. The van der Waals surface area contributed by atoms with Crippen LogP contribution in [0, 0.1) is 12.8 Å². The van der Waals surface area contributed by atoms with Crippen molar-refractivity contribution < 1.29 is 18.3 Å². The zero-order valence-corrected chi connectivity index (χ0v) is 16.1. The fourth-order valence-corrected chi connectivity index (χ4v) is 4.40. The number of aliphatic carboxylic acids is 1. The molecule has 140 valence electrons. The van der Waals surface area contributed by atoms with Crippen LogP contribution in [0.2, 0.25) is 0 Å². The Hall–Kier alpha value is -2.18. The lowest BCUT2D eigenvalue weighted by molar-refractivity contribution is -0.144. The van der Waals surface area contributed by atoms with Gasteiger partial charge >= 0.3 is 5.97 Å². The molecule has 0 bridgehead atoms. The Labute approximate surface area is 155 Å². The topological polar surface area (TPSA) is 83.5 Å². The van der Waals surface area contributed by atoms with Crippen LogP contribution >= 0.6 is 0 Å². The van der Waals surface area contributed by atoms with E-state index in [0.29, 0.717) is 0 Å². The molecule has 0 heterocycles. The summed E-state index contributed by atoms with van der Waals surface area (Å²) in [5.41, 5.74) is 0.0845. The van der Waals surface area contributed by atoms with Crippen molar-refractivity contribution in [3.05, 3.63) is 65.7 Å². The van der Waals surface area contributed by atoms with Crippen molar-refractivity contribution in [1.29, 1.82) is 0 Å². The molecule has 5 nitrogen and oxygen atoms in total. The van der Waals surface area contributed by atoms with Crippen LogP contribution in [-0.2, 0) is 21.2 Å². The van der Waals surface area contributed by atoms with Gasteiger partial charge in [0.2, 0.25) is 10.0 Å². The number of aryl methyl sites for hydroxylation is 1. The van der Waals surface area contributed by atoms with Crippen molar-refractivity contribution in [2.45, 2.75) is 44.0 Å². The third-order valence-corrected chi connectivity index (χ3v) is 5.73. The van der Waals surface area contributed by atoms with Gasteiger partial charge in [-0.25, -0.2) is 8.42 Å². The van der Waals surface area contributed by atoms with E-state index in [1.54, 1.807) is 24.3 Å². The molecule has 2 aromatic rings. The van der Waals surface area contributed by atoms with Crippen LogP contribution in [0.4, 0.5) is 0 Å². The van der Waals surface area contributed by atoms with Gasteiger partial charge in [-0.05, 0) is 37.0 Å². The highest BCUT2D eigenvalue weighted by atomic mass is 32.2. The number of sulfonamides is 1. The first-order valence-corrected chi connectivity index (χ1v) is 10.0. The van der Waals surface area contributed by atoms with Gasteiger partial charge in [0.25, 0.3) is 0 Å². The van der Waals surface area contributed by atoms with E-state index in [9.17, 15) is 18.3 Å². The second-order valence-corrected chi connectivity index (χ2v) is 8.75. The van der Waals surface area contributed by atoms with Crippen LogP contribution in [0.1, 0.15) is 31.4 Å². The van der Waals surface area contributed by atoms with Gasteiger partial charge in [-0.15, -0.1) is 0 Å². The Morgan fingerprint density at radius 1 is 1.08 bits per heavy atom. The van der Waals surface area contributed by atoms with Gasteiger partial charge < -0.3 is 5.11 Å². The molecule has 2 rings (SSSR count). The minimum Gasteiger partial charge on any atom is -0.480 e. The van der Waals surface area contributed by atoms with Crippen LogP contribution in [0.3, 0.4) is 0 Å². The average molecular weight is 375 g/mol. The zero-order chi connectivity index (χ0) is 19.4. The predicted molar refractivity (Wildman–Crippen MR) is 101 cm³/mol. The maximum Gasteiger partial charge on any atom is 0.325 e. The number of rotatable bonds is 8. The smallest absolute Gasteiger partial charge is 0.325 e. The maximum atomic E-state index is 12.9. The molecule has 2 aromatic carbocycles. The molecule has 0 unspecified atom stereocenters. The SMILES string of the molecule is Cc1ccc(S(=O)(=O)N[C@](Cc2ccccc2)(CC(C)C)C(=O)O)cc1. The van der Waals surface area contributed by atoms with E-state index >= 15 is 0 Å². The fourth-order valence-electron chi connectivity index (χ4n) is 3.03. The summed E-state index contributed by atoms with van der Waals surface area (Å²) >= 11 is 0. The normalized spacial score (nSPS) is 14.2. The molecule has 0 amide bonds. The molecule has 6 heteroatoms. The molecule has 0 saturated heterocycles. The van der Waals surface area contributed by atoms with Gasteiger partial charge in [-0.1, -0.05) is 61.9 Å². The first-order chi connectivity index (χ1) is 12.1. The number of carbonyl (C=O) groups is 1. The molecular weight excluding hydrogens is 350 g/mol. The molecule has 0 aliphatic carbocycles. The summed E-state index contributed by atoms with van der Waals surface area (Å²) in [6.45, 7) is 5.62. The van der Waals surface area contributed by atoms with Crippen LogP contribution < -0.4 is 4.72 Å². The molecule has 1 atom stereocenters. The van der Waals surface area contributed by atoms with Gasteiger partial charge in [0, 0.05) is 6.42 Å². The van der Waals surface area contributed by atoms with Gasteiger partial charge in [-0.2, -0.15) is 4.72 Å². The molecule has 26 heavy (non-hydrogen) atoms. The monoisotopic (exact) mass is 375 g/mol. The van der Waals surface area contributed by atoms with Gasteiger partial charge in [-0.3, -0.25) is 4.79 Å². The summed E-state index contributed by atoms with van der Waals surface area (Å²) in [7, 11) is -3.98. The maximum absolute atomic E-state index is 12.9. The van der Waals surface area contributed by atoms with Gasteiger partial charge in [0.1, 0.15) is 5.54 Å². The lowest BCUT2D eigenvalue weighted by Crippen LogP contribution is -2.56. The first-order valence-electron chi connectivity index (χ1n) is 8.52. The van der Waals surface area contributed by atoms with Gasteiger partial charge in [0.05, 0.1) is 4.90 Å². The third-order valence-electron chi connectivity index (χ3n) is 4.18. The molecular formula is C20H25NO4S. The summed E-state index contributed by atoms with van der Waals surface area (Å²) in [5.74, 6) is -1.18. The highest BCUT2D eigenvalue weighted by Crippen LogP contribution is 2.26. The molecule has 0 fully saturated rings. The van der Waals surface area contributed by atoms with Crippen molar-refractivity contribution in [3.63, 3.8) is 0 Å². The summed E-state index contributed by atoms with van der Waals surface area (Å²) in [4.78, 5) is 12.3. The largest absolute Gasteiger partial charge is 0.480 e. The lowest BCUT2D eigenvalue weighted by atomic mass is 9.84. The van der Waals surface area contributed by atoms with E-state index in [0.717, 1.165) is 11.1 Å². The molecule has 0 aliphatic heterocycles. The van der Waals surface area contributed by atoms with Crippen molar-refractivity contribution in [1.82, 2.24) is 4.72 Å². The minimum absolute atomic E-state index is 0.00414. The summed E-state index contributed by atoms with van der Waals surface area (Å²) in [6.07, 6.45) is 0.259. The minimum atomic E-state index is -3.98. The average Bonchev–Trinajstić information content (AvgIpc) is 2.55. The molecule has 0 saturated carbocycles. The zero-order valence-electron chi connectivity index (χ0n) is 15.3. The second-order valence-electron chi connectivity index (χ2n) is 7.07. The molecule has 2 N–H and O–H groups in total. The fraction of sp³-hybridized carbons (Fsp3) is 0.350. The summed E-state index contributed by atoms with van der Waals surface area (Å²) < 4.78 is 28.2. The number of benzene rings is 2. The van der Waals surface area contributed by atoms with Crippen LogP contribution in [0.5, 0.6) is 0 Å². The number of carboxylic acid groups (broad SMARTS) is 1. The van der Waals surface area contributed by atoms with E-state index < -0.39 is 21.5 Å². The summed E-state index contributed by atoms with van der Waals surface area (Å²) in [5, 5.41) is 9.96. The number of hydrogen-bond donors (Lipinski definition) is 2. The van der Waals surface area contributed by atoms with E-state index in [1.807, 2.05) is 39.0 Å². The second kappa shape index (κ2) is 8.01. The van der Waals surface area contributed by atoms with Crippen molar-refractivity contribution in [2.75, 3.05) is 0 Å². The van der Waals surface area contributed by atoms with Crippen molar-refractivity contribution in [2.24, 2.45) is 5.92 Å². The molecule has 0 aromatic heterocycles. The Balaban J connectivity index is 2.45. The Morgan fingerprint density at radius 2 is 1.65 bits per heavy atom. The standard InChI is InChI=1S/C20H25NO4S/c1-15(2)13-20(19(22)23,14-17-7-5-4-6-8-17)21-26(24,25)18-11-9-16(3)10-12-18/h4-12,15,21H,13-14H2,1-3H3,(H,22,23)/t20-/m0/s1. The molecule has 0 spiro atoms. The number of hydrogen-bond acceptors (Lipinski definition) is 3. The molecule has 0 radical (unpaired) electrons. The Morgan fingerprint density at radius 3 is 2.15 bits per heavy atom. The van der Waals surface area contributed by atoms with E-state index in [4.69, 9.17) is 0 Å². The summed E-state index contributed by atoms with van der Waals surface area (Å²) in [6, 6.07) is 15.4. The quantitative estimate of drug-likeness (QED) is 0.741. The highest BCUT2D eigenvalue weighted by molar-refractivity contribution is 7.89.